The van der Waals surface area contributed by atoms with Crippen molar-refractivity contribution in [1.29, 1.82) is 0 Å². The topological polar surface area (TPSA) is 79.7 Å². The number of hydrogen-bond donors (Lipinski definition) is 3. The van der Waals surface area contributed by atoms with Crippen LogP contribution in [-0.2, 0) is 0 Å². The maximum absolute atomic E-state index is 5.33. The van der Waals surface area contributed by atoms with Crippen molar-refractivity contribution in [3.63, 3.8) is 0 Å². The van der Waals surface area contributed by atoms with Crippen molar-refractivity contribution in [2.45, 2.75) is 12.8 Å². The largest absolute Gasteiger partial charge is 0.383 e. The molecule has 1 aliphatic heterocycles. The fraction of sp³-hybridized carbons (Fsp3) is 0.286. The zero-order valence-electron chi connectivity index (χ0n) is 15.6. The predicted octanol–water partition coefficient (Wildman–Crippen LogP) is 2.80. The zero-order valence-corrected chi connectivity index (χ0v) is 15.6. The van der Waals surface area contributed by atoms with Crippen LogP contribution < -0.4 is 16.0 Å². The van der Waals surface area contributed by atoms with Crippen LogP contribution >= 0.6 is 0 Å². The van der Waals surface area contributed by atoms with Crippen molar-refractivity contribution < 1.29 is 0 Å². The summed E-state index contributed by atoms with van der Waals surface area (Å²) in [5.41, 5.74) is 2.53. The van der Waals surface area contributed by atoms with E-state index in [-0.39, 0.29) is 0 Å². The van der Waals surface area contributed by atoms with Gasteiger partial charge in [0.25, 0.3) is 0 Å². The number of nitrogens with one attached hydrogen (secondary N) is 3. The van der Waals surface area contributed by atoms with Crippen LogP contribution in [0.2, 0.25) is 0 Å². The molecule has 0 spiro atoms. The number of hydrogen-bond acceptors (Lipinski definition) is 6. The van der Waals surface area contributed by atoms with E-state index in [1.54, 1.807) is 12.4 Å². The first kappa shape index (κ1) is 18.0. The smallest absolute Gasteiger partial charge is 0.150 e. The number of pyridine rings is 1. The molecule has 1 aliphatic rings. The van der Waals surface area contributed by atoms with Gasteiger partial charge in [0.05, 0.1) is 30.0 Å². The number of rotatable bonds is 6. The molecule has 142 valence electrons. The summed E-state index contributed by atoms with van der Waals surface area (Å²) in [6.45, 7) is 3.09. The van der Waals surface area contributed by atoms with Gasteiger partial charge in [-0.05, 0) is 49.9 Å². The molecule has 0 aromatic carbocycles. The fourth-order valence-electron chi connectivity index (χ4n) is 3.31. The van der Waals surface area contributed by atoms with Crippen molar-refractivity contribution in [1.82, 2.24) is 24.8 Å². The van der Waals surface area contributed by atoms with Crippen molar-refractivity contribution >= 4 is 17.3 Å². The van der Waals surface area contributed by atoms with Crippen LogP contribution in [0.3, 0.4) is 0 Å². The molecule has 0 bridgehead atoms. The Hall–Kier alpha value is -3.37. The van der Waals surface area contributed by atoms with Gasteiger partial charge >= 0.3 is 0 Å². The molecule has 1 unspecified atom stereocenters. The Morgan fingerprint density at radius 1 is 1.14 bits per heavy atom. The molecule has 4 heterocycles. The van der Waals surface area contributed by atoms with Crippen LogP contribution in [0.1, 0.15) is 18.5 Å². The van der Waals surface area contributed by atoms with E-state index in [2.05, 4.69) is 41.4 Å². The molecule has 7 nitrogen and oxygen atoms in total. The summed E-state index contributed by atoms with van der Waals surface area (Å²) in [7, 11) is 0. The lowest BCUT2D eigenvalue weighted by atomic mass is 10.00. The van der Waals surface area contributed by atoms with Crippen LogP contribution in [0.15, 0.2) is 49.2 Å². The summed E-state index contributed by atoms with van der Waals surface area (Å²) in [5, 5.41) is 10.3. The summed E-state index contributed by atoms with van der Waals surface area (Å²) in [6, 6.07) is 6.01. The summed E-state index contributed by atoms with van der Waals surface area (Å²) in [4.78, 5) is 13.0. The molecule has 3 aromatic heterocycles. The third-order valence-electron chi connectivity index (χ3n) is 4.80. The Labute approximate surface area is 164 Å². The SMILES string of the molecule is C#Cc1cnc(Nc2cc(NCC3CCCNC3)c(-n3cccc3)cn2)cn1. The minimum absolute atomic E-state index is 0.505. The Bertz CT molecular complexity index is 936. The minimum atomic E-state index is 0.505. The van der Waals surface area contributed by atoms with E-state index in [9.17, 15) is 0 Å². The number of piperidine rings is 1. The average Bonchev–Trinajstić information content (AvgIpc) is 3.28. The first-order valence-corrected chi connectivity index (χ1v) is 9.45. The molecule has 1 fully saturated rings. The number of anilines is 3. The summed E-state index contributed by atoms with van der Waals surface area (Å²) in [6.07, 6.45) is 16.9. The standard InChI is InChI=1S/C21H23N7/c1-2-17-13-25-21(15-23-17)27-20-10-18(24-12-16-6-5-7-22-11-16)19(14-26-20)28-8-3-4-9-28/h1,3-4,8-10,13-16,22H,5-7,11-12H2,(H2,24,25,26,27). The highest BCUT2D eigenvalue weighted by Gasteiger charge is 2.14. The highest BCUT2D eigenvalue weighted by molar-refractivity contribution is 5.67. The monoisotopic (exact) mass is 373 g/mol. The summed E-state index contributed by atoms with van der Waals surface area (Å²) < 4.78 is 2.06. The molecule has 1 atom stereocenters. The highest BCUT2D eigenvalue weighted by Crippen LogP contribution is 2.25. The second kappa shape index (κ2) is 8.55. The van der Waals surface area contributed by atoms with Crippen LogP contribution in [0.25, 0.3) is 5.69 Å². The molecule has 0 aliphatic carbocycles. The van der Waals surface area contributed by atoms with Crippen LogP contribution in [0.4, 0.5) is 17.3 Å². The van der Waals surface area contributed by atoms with Gasteiger partial charge in [0.15, 0.2) is 0 Å². The van der Waals surface area contributed by atoms with Crippen molar-refractivity contribution in [2.24, 2.45) is 5.92 Å². The van der Waals surface area contributed by atoms with Gasteiger partial charge in [0, 0.05) is 25.0 Å². The van der Waals surface area contributed by atoms with E-state index in [0.717, 1.165) is 31.0 Å². The van der Waals surface area contributed by atoms with E-state index in [0.29, 0.717) is 23.2 Å². The van der Waals surface area contributed by atoms with E-state index < -0.39 is 0 Å². The molecule has 0 amide bonds. The van der Waals surface area contributed by atoms with Crippen LogP contribution in [-0.4, -0.2) is 39.2 Å². The van der Waals surface area contributed by atoms with Gasteiger partial charge in [-0.3, -0.25) is 0 Å². The molecule has 7 heteroatoms. The average molecular weight is 373 g/mol. The zero-order chi connectivity index (χ0) is 19.2. The second-order valence-corrected chi connectivity index (χ2v) is 6.83. The first-order chi connectivity index (χ1) is 13.8. The minimum Gasteiger partial charge on any atom is -0.383 e. The quantitative estimate of drug-likeness (QED) is 0.577. The first-order valence-electron chi connectivity index (χ1n) is 9.45. The molecule has 0 radical (unpaired) electrons. The van der Waals surface area contributed by atoms with E-state index >= 15 is 0 Å². The molecule has 28 heavy (non-hydrogen) atoms. The van der Waals surface area contributed by atoms with E-state index in [1.807, 2.05) is 36.8 Å². The molecular weight excluding hydrogens is 350 g/mol. The fourth-order valence-corrected chi connectivity index (χ4v) is 3.31. The lowest BCUT2D eigenvalue weighted by Gasteiger charge is -2.24. The lowest BCUT2D eigenvalue weighted by Crippen LogP contribution is -2.33. The van der Waals surface area contributed by atoms with Crippen LogP contribution in [0, 0.1) is 18.3 Å². The summed E-state index contributed by atoms with van der Waals surface area (Å²) >= 11 is 0. The Morgan fingerprint density at radius 2 is 2.00 bits per heavy atom. The van der Waals surface area contributed by atoms with Gasteiger partial charge < -0.3 is 20.5 Å². The molecule has 3 N–H and O–H groups in total. The van der Waals surface area contributed by atoms with Gasteiger partial charge in [0.2, 0.25) is 0 Å². The van der Waals surface area contributed by atoms with Crippen molar-refractivity contribution in [3.05, 3.63) is 54.9 Å². The van der Waals surface area contributed by atoms with E-state index in [1.165, 1.54) is 12.8 Å². The second-order valence-electron chi connectivity index (χ2n) is 6.83. The normalized spacial score (nSPS) is 16.3. The number of nitrogens with zero attached hydrogens (tertiary/aromatic N) is 4. The molecule has 4 rings (SSSR count). The third-order valence-corrected chi connectivity index (χ3v) is 4.80. The lowest BCUT2D eigenvalue weighted by molar-refractivity contribution is 0.393. The molecule has 0 saturated carbocycles. The van der Waals surface area contributed by atoms with Crippen molar-refractivity contribution in [2.75, 3.05) is 30.3 Å². The number of aromatic nitrogens is 4. The Kier molecular flexibility index (Phi) is 5.50. The predicted molar refractivity (Wildman–Crippen MR) is 111 cm³/mol. The Morgan fingerprint density at radius 3 is 2.71 bits per heavy atom. The highest BCUT2D eigenvalue weighted by atomic mass is 15.1. The molecule has 1 saturated heterocycles. The summed E-state index contributed by atoms with van der Waals surface area (Å²) in [5.74, 6) is 4.38. The molecular formula is C21H23N7. The third kappa shape index (κ3) is 4.30. The van der Waals surface area contributed by atoms with Gasteiger partial charge in [0.1, 0.15) is 17.3 Å². The van der Waals surface area contributed by atoms with Crippen LogP contribution in [0.5, 0.6) is 0 Å². The van der Waals surface area contributed by atoms with Gasteiger partial charge in [-0.1, -0.05) is 0 Å². The maximum Gasteiger partial charge on any atom is 0.150 e. The number of terminal acetylenes is 1. The van der Waals surface area contributed by atoms with Crippen molar-refractivity contribution in [3.8, 4) is 18.0 Å². The van der Waals surface area contributed by atoms with Gasteiger partial charge in [-0.15, -0.1) is 6.42 Å². The van der Waals surface area contributed by atoms with E-state index in [4.69, 9.17) is 6.42 Å². The molecule has 3 aromatic rings. The van der Waals surface area contributed by atoms with Gasteiger partial charge in [-0.25, -0.2) is 15.0 Å². The Balaban J connectivity index is 1.55. The van der Waals surface area contributed by atoms with Gasteiger partial charge in [-0.2, -0.15) is 0 Å². The maximum atomic E-state index is 5.33.